The number of carbonyl (C=O) groups excluding carboxylic acids is 1. The van der Waals surface area contributed by atoms with Crippen LogP contribution in [0.15, 0.2) is 66.8 Å². The molecule has 0 amide bonds. The summed E-state index contributed by atoms with van der Waals surface area (Å²) in [5.41, 5.74) is 6.78. The third-order valence-corrected chi connectivity index (χ3v) is 17.9. The summed E-state index contributed by atoms with van der Waals surface area (Å²) in [6.07, 6.45) is 14.4. The number of nitrogens with one attached hydrogen (secondary N) is 1. The molecule has 5 nitrogen and oxygen atoms in total. The van der Waals surface area contributed by atoms with E-state index in [9.17, 15) is 4.79 Å². The first kappa shape index (κ1) is 39.4. The summed E-state index contributed by atoms with van der Waals surface area (Å²) in [6, 6.07) is 16.6. The highest BCUT2D eigenvalue weighted by Crippen LogP contribution is 2.76. The van der Waals surface area contributed by atoms with Crippen molar-refractivity contribution >= 4 is 23.6 Å². The molecule has 9 atom stereocenters. The van der Waals surface area contributed by atoms with Crippen LogP contribution in [-0.4, -0.2) is 61.1 Å². The Morgan fingerprint density at radius 2 is 1.56 bits per heavy atom. The van der Waals surface area contributed by atoms with Crippen LogP contribution in [0, 0.1) is 51.2 Å². The van der Waals surface area contributed by atoms with E-state index < -0.39 is 0 Å². The number of piperazine rings is 1. The number of ether oxygens (including phenoxy) is 1. The van der Waals surface area contributed by atoms with Gasteiger partial charge in [0.25, 0.3) is 6.47 Å². The summed E-state index contributed by atoms with van der Waals surface area (Å²) >= 11 is 6.13. The third-order valence-electron chi connectivity index (χ3n) is 17.7. The van der Waals surface area contributed by atoms with Gasteiger partial charge in [0.05, 0.1) is 0 Å². The van der Waals surface area contributed by atoms with E-state index in [0.717, 1.165) is 69.1 Å². The van der Waals surface area contributed by atoms with E-state index in [1.807, 2.05) is 24.3 Å². The molecule has 1 N–H and O–H groups in total. The Hall–Kier alpha value is -2.44. The zero-order chi connectivity index (χ0) is 38.8. The van der Waals surface area contributed by atoms with Crippen LogP contribution in [0.4, 0.5) is 0 Å². The molecule has 0 radical (unpaired) electrons. The molecule has 298 valence electrons. The molecule has 4 saturated carbocycles. The van der Waals surface area contributed by atoms with Crippen molar-refractivity contribution in [2.24, 2.45) is 51.2 Å². The van der Waals surface area contributed by atoms with Gasteiger partial charge in [0.2, 0.25) is 0 Å². The topological polar surface area (TPSA) is 44.8 Å². The van der Waals surface area contributed by atoms with Crippen LogP contribution in [0.1, 0.15) is 110 Å². The fourth-order valence-electron chi connectivity index (χ4n) is 14.8. The number of allylic oxidation sites excluding steroid dienone is 3. The summed E-state index contributed by atoms with van der Waals surface area (Å²) in [7, 11) is 0. The number of nitrogens with zero attached hydrogens (tertiary/aromatic N) is 2. The molecular formula is C49H68ClN3O2. The lowest BCUT2D eigenvalue weighted by Crippen LogP contribution is -2.68. The van der Waals surface area contributed by atoms with E-state index in [1.165, 1.54) is 73.6 Å². The van der Waals surface area contributed by atoms with Crippen molar-refractivity contribution in [3.8, 4) is 5.75 Å². The van der Waals surface area contributed by atoms with Gasteiger partial charge < -0.3 is 10.1 Å². The van der Waals surface area contributed by atoms with Crippen LogP contribution in [0.2, 0.25) is 5.02 Å². The molecule has 0 bridgehead atoms. The van der Waals surface area contributed by atoms with Crippen LogP contribution in [-0.2, 0) is 11.3 Å². The molecule has 2 aromatic carbocycles. The highest BCUT2D eigenvalue weighted by molar-refractivity contribution is 6.30. The molecule has 1 heterocycles. The number of rotatable bonds is 10. The van der Waals surface area contributed by atoms with Gasteiger partial charge in [-0.25, -0.2) is 0 Å². The maximum absolute atomic E-state index is 10.9. The third kappa shape index (κ3) is 6.60. The summed E-state index contributed by atoms with van der Waals surface area (Å²) in [5, 5.41) is 5.19. The minimum Gasteiger partial charge on any atom is -0.429 e. The fraction of sp³-hybridized carbons (Fsp3) is 0.653. The SMILES string of the molecule is C=C(C)[C@@H]1CC[C@]2(NCCN3CCN(Cc4ccc(Cl)cc4)CC3)CC[C@]3(C)[C@H](CC[C@@H]4[C@@]5(C)CC=C(c6ccc(OC=O)cc6)C(C)(C)[C@@H]5CC[C@]43C)[C@@H]12. The molecule has 5 fully saturated rings. The molecule has 0 unspecified atom stereocenters. The van der Waals surface area contributed by atoms with Crippen LogP contribution >= 0.6 is 11.6 Å². The predicted octanol–water partition coefficient (Wildman–Crippen LogP) is 10.7. The molecule has 6 aliphatic rings. The quantitative estimate of drug-likeness (QED) is 0.193. The predicted molar refractivity (Wildman–Crippen MR) is 227 cm³/mol. The molecular weight excluding hydrogens is 698 g/mol. The highest BCUT2D eigenvalue weighted by Gasteiger charge is 2.70. The molecule has 1 aliphatic heterocycles. The van der Waals surface area contributed by atoms with Gasteiger partial charge in [0, 0.05) is 56.4 Å². The first-order chi connectivity index (χ1) is 26.2. The summed E-state index contributed by atoms with van der Waals surface area (Å²) in [6.45, 7) is 28.6. The van der Waals surface area contributed by atoms with E-state index in [-0.39, 0.29) is 16.4 Å². The van der Waals surface area contributed by atoms with Crippen molar-refractivity contribution in [2.75, 3.05) is 39.3 Å². The van der Waals surface area contributed by atoms with Crippen molar-refractivity contribution in [3.05, 3.63) is 82.9 Å². The maximum atomic E-state index is 10.9. The second-order valence-electron chi connectivity index (χ2n) is 20.3. The highest BCUT2D eigenvalue weighted by atomic mass is 35.5. The lowest BCUT2D eigenvalue weighted by Gasteiger charge is -2.72. The largest absolute Gasteiger partial charge is 0.429 e. The molecule has 6 heteroatoms. The van der Waals surface area contributed by atoms with Crippen molar-refractivity contribution < 1.29 is 9.53 Å². The Labute approximate surface area is 337 Å². The van der Waals surface area contributed by atoms with Crippen molar-refractivity contribution in [1.29, 1.82) is 0 Å². The van der Waals surface area contributed by atoms with Gasteiger partial charge in [-0.1, -0.05) is 88.7 Å². The zero-order valence-electron chi connectivity index (χ0n) is 34.8. The zero-order valence-corrected chi connectivity index (χ0v) is 35.5. The molecule has 8 rings (SSSR count). The number of benzene rings is 2. The van der Waals surface area contributed by atoms with Crippen molar-refractivity contribution in [1.82, 2.24) is 15.1 Å². The second-order valence-corrected chi connectivity index (χ2v) is 20.7. The molecule has 1 saturated heterocycles. The van der Waals surface area contributed by atoms with E-state index in [1.54, 1.807) is 0 Å². The Bertz CT molecular complexity index is 1760. The van der Waals surface area contributed by atoms with Gasteiger partial charge in [-0.05, 0) is 157 Å². The second kappa shape index (κ2) is 14.7. The van der Waals surface area contributed by atoms with Crippen molar-refractivity contribution in [2.45, 2.75) is 111 Å². The van der Waals surface area contributed by atoms with E-state index in [0.29, 0.717) is 40.8 Å². The molecule has 2 aromatic rings. The monoisotopic (exact) mass is 766 g/mol. The Morgan fingerprint density at radius 1 is 0.855 bits per heavy atom. The Morgan fingerprint density at radius 3 is 2.25 bits per heavy atom. The van der Waals surface area contributed by atoms with E-state index in [4.69, 9.17) is 16.3 Å². The first-order valence-electron chi connectivity index (χ1n) is 21.8. The molecule has 0 spiro atoms. The summed E-state index contributed by atoms with van der Waals surface area (Å²) in [5.74, 6) is 4.03. The number of hydrogen-bond donors (Lipinski definition) is 1. The van der Waals surface area contributed by atoms with Crippen molar-refractivity contribution in [3.63, 3.8) is 0 Å². The van der Waals surface area contributed by atoms with Gasteiger partial charge >= 0.3 is 0 Å². The molecule has 0 aromatic heterocycles. The molecule has 5 aliphatic carbocycles. The number of carbonyl (C=O) groups is 1. The standard InChI is InChI=1S/C49H68ClN3O2/c1-34(2)39-18-23-49(51-26-27-52-28-30-53(31-29-52)32-35-8-12-37(50)13-9-35)25-24-47(6)41(44(39)49)16-17-43-46(5)21-19-40(36-10-14-38(15-11-36)55-33-54)45(3,4)42(46)20-22-48(43,47)7/h8-15,19,33,39,41-44,51H,1,16-18,20-32H2,2-7H3/t39-,41+,42-,43+,44+,46-,47+,48+,49-/m0/s1. The van der Waals surface area contributed by atoms with Gasteiger partial charge in [0.15, 0.2) is 0 Å². The summed E-state index contributed by atoms with van der Waals surface area (Å²) in [4.78, 5) is 16.2. The minimum absolute atomic E-state index is 0.0740. The van der Waals surface area contributed by atoms with E-state index in [2.05, 4.69) is 93.6 Å². The summed E-state index contributed by atoms with van der Waals surface area (Å²) < 4.78 is 5.13. The minimum atomic E-state index is 0.0740. The van der Waals surface area contributed by atoms with Crippen LogP contribution in [0.3, 0.4) is 0 Å². The van der Waals surface area contributed by atoms with Gasteiger partial charge in [-0.15, -0.1) is 0 Å². The average molecular weight is 767 g/mol. The van der Waals surface area contributed by atoms with Gasteiger partial charge in [-0.2, -0.15) is 0 Å². The lowest BCUT2D eigenvalue weighted by atomic mass is 9.33. The fourth-order valence-corrected chi connectivity index (χ4v) is 14.9. The molecule has 55 heavy (non-hydrogen) atoms. The number of fused-ring (bicyclic) bond motifs is 7. The average Bonchev–Trinajstić information content (AvgIpc) is 3.54. The van der Waals surface area contributed by atoms with E-state index >= 15 is 0 Å². The lowest BCUT2D eigenvalue weighted by molar-refractivity contribution is -0.219. The van der Waals surface area contributed by atoms with Crippen LogP contribution in [0.5, 0.6) is 5.75 Å². The maximum Gasteiger partial charge on any atom is 0.298 e. The normalized spacial score (nSPS) is 38.5. The van der Waals surface area contributed by atoms with Gasteiger partial charge in [-0.3, -0.25) is 14.6 Å². The van der Waals surface area contributed by atoms with Gasteiger partial charge in [0.1, 0.15) is 5.75 Å². The Kier molecular flexibility index (Phi) is 10.6. The smallest absolute Gasteiger partial charge is 0.298 e. The van der Waals surface area contributed by atoms with Crippen LogP contribution in [0.25, 0.3) is 5.57 Å². The van der Waals surface area contributed by atoms with Crippen LogP contribution < -0.4 is 10.1 Å². The first-order valence-corrected chi connectivity index (χ1v) is 22.1. The Balaban J connectivity index is 0.970. The number of hydrogen-bond acceptors (Lipinski definition) is 5. The number of halogens is 1.